The van der Waals surface area contributed by atoms with Crippen LogP contribution >= 0.6 is 15.9 Å². The van der Waals surface area contributed by atoms with Crippen LogP contribution in [0.3, 0.4) is 0 Å². The standard InChI is InChI=1S/C15H29BrN4O/c1-6-13(21-8-3)14(17-7-2)15-12(16)11-18-20(15)10-9-19(4)5/h11,13-14,17H,6-10H2,1-5H3. The fraction of sp³-hybridized carbons (Fsp3) is 0.800. The lowest BCUT2D eigenvalue weighted by molar-refractivity contribution is 0.0292. The van der Waals surface area contributed by atoms with Gasteiger partial charge in [0.05, 0.1) is 35.1 Å². The van der Waals surface area contributed by atoms with E-state index in [2.05, 4.69) is 63.9 Å². The SMILES string of the molecule is CCNC(c1c(Br)cnn1CCN(C)C)C(CC)OCC. The average Bonchev–Trinajstić information content (AvgIpc) is 2.81. The largest absolute Gasteiger partial charge is 0.376 e. The molecule has 0 radical (unpaired) electrons. The Morgan fingerprint density at radius 3 is 2.62 bits per heavy atom. The van der Waals surface area contributed by atoms with Crippen molar-refractivity contribution in [1.82, 2.24) is 20.0 Å². The summed E-state index contributed by atoms with van der Waals surface area (Å²) in [5.74, 6) is 0. The summed E-state index contributed by atoms with van der Waals surface area (Å²) in [5, 5.41) is 8.08. The molecular formula is C15H29BrN4O. The lowest BCUT2D eigenvalue weighted by Crippen LogP contribution is -2.36. The molecule has 21 heavy (non-hydrogen) atoms. The molecule has 0 aliphatic rings. The Balaban J connectivity index is 3.02. The van der Waals surface area contributed by atoms with E-state index in [-0.39, 0.29) is 12.1 Å². The quantitative estimate of drug-likeness (QED) is 0.696. The molecular weight excluding hydrogens is 332 g/mol. The van der Waals surface area contributed by atoms with Gasteiger partial charge in [0, 0.05) is 13.2 Å². The van der Waals surface area contributed by atoms with Gasteiger partial charge < -0.3 is 15.0 Å². The van der Waals surface area contributed by atoms with Crippen molar-refractivity contribution in [2.24, 2.45) is 0 Å². The van der Waals surface area contributed by atoms with E-state index in [1.54, 1.807) is 0 Å². The first-order valence-electron chi connectivity index (χ1n) is 7.75. The van der Waals surface area contributed by atoms with Crippen molar-refractivity contribution in [3.63, 3.8) is 0 Å². The summed E-state index contributed by atoms with van der Waals surface area (Å²) in [7, 11) is 4.16. The molecule has 0 bridgehead atoms. The molecule has 0 saturated heterocycles. The van der Waals surface area contributed by atoms with E-state index in [9.17, 15) is 0 Å². The normalized spacial score (nSPS) is 14.6. The Labute approximate surface area is 137 Å². The van der Waals surface area contributed by atoms with Gasteiger partial charge in [-0.05, 0) is 49.9 Å². The number of hydrogen-bond acceptors (Lipinski definition) is 4. The van der Waals surface area contributed by atoms with Crippen LogP contribution in [-0.4, -0.2) is 54.6 Å². The highest BCUT2D eigenvalue weighted by Gasteiger charge is 2.27. The van der Waals surface area contributed by atoms with E-state index < -0.39 is 0 Å². The molecule has 5 nitrogen and oxygen atoms in total. The maximum absolute atomic E-state index is 5.93. The molecule has 0 aliphatic heterocycles. The van der Waals surface area contributed by atoms with Crippen molar-refractivity contribution in [1.29, 1.82) is 0 Å². The summed E-state index contributed by atoms with van der Waals surface area (Å²) in [5.41, 5.74) is 1.18. The monoisotopic (exact) mass is 360 g/mol. The molecule has 0 amide bonds. The zero-order valence-electron chi connectivity index (χ0n) is 13.9. The molecule has 0 spiro atoms. The molecule has 0 aliphatic carbocycles. The Hall–Kier alpha value is -0.430. The summed E-state index contributed by atoms with van der Waals surface area (Å²) in [6, 6.07) is 0.152. The van der Waals surface area contributed by atoms with Crippen molar-refractivity contribution >= 4 is 15.9 Å². The van der Waals surface area contributed by atoms with Gasteiger partial charge in [0.25, 0.3) is 0 Å². The van der Waals surface area contributed by atoms with E-state index in [4.69, 9.17) is 4.74 Å². The second-order valence-electron chi connectivity index (χ2n) is 5.34. The number of hydrogen-bond donors (Lipinski definition) is 1. The molecule has 0 aromatic carbocycles. The highest BCUT2D eigenvalue weighted by molar-refractivity contribution is 9.10. The van der Waals surface area contributed by atoms with Crippen LogP contribution in [0, 0.1) is 0 Å². The molecule has 1 rings (SSSR count). The predicted molar refractivity (Wildman–Crippen MR) is 90.6 cm³/mol. The third-order valence-corrected chi connectivity index (χ3v) is 4.08. The minimum absolute atomic E-state index is 0.152. The fourth-order valence-electron chi connectivity index (χ4n) is 2.44. The maximum atomic E-state index is 5.93. The van der Waals surface area contributed by atoms with Gasteiger partial charge in [-0.25, -0.2) is 0 Å². The molecule has 1 N–H and O–H groups in total. The summed E-state index contributed by atoms with van der Waals surface area (Å²) >= 11 is 3.65. The minimum atomic E-state index is 0.152. The van der Waals surface area contributed by atoms with Crippen LogP contribution in [-0.2, 0) is 11.3 Å². The highest BCUT2D eigenvalue weighted by Crippen LogP contribution is 2.28. The number of nitrogens with one attached hydrogen (secondary N) is 1. The summed E-state index contributed by atoms with van der Waals surface area (Å²) in [4.78, 5) is 2.17. The van der Waals surface area contributed by atoms with Crippen LogP contribution in [0.2, 0.25) is 0 Å². The first kappa shape index (κ1) is 18.6. The van der Waals surface area contributed by atoms with E-state index in [1.165, 1.54) is 5.69 Å². The Morgan fingerprint density at radius 2 is 2.10 bits per heavy atom. The minimum Gasteiger partial charge on any atom is -0.376 e. The maximum Gasteiger partial charge on any atom is 0.0782 e. The van der Waals surface area contributed by atoms with Crippen molar-refractivity contribution in [3.05, 3.63) is 16.4 Å². The van der Waals surface area contributed by atoms with E-state index in [0.29, 0.717) is 0 Å². The second kappa shape index (κ2) is 9.56. The lowest BCUT2D eigenvalue weighted by atomic mass is 10.0. The molecule has 2 atom stereocenters. The van der Waals surface area contributed by atoms with Crippen LogP contribution < -0.4 is 5.32 Å². The van der Waals surface area contributed by atoms with Gasteiger partial charge in [0.15, 0.2) is 0 Å². The highest BCUT2D eigenvalue weighted by atomic mass is 79.9. The fourth-order valence-corrected chi connectivity index (χ4v) is 2.98. The van der Waals surface area contributed by atoms with Crippen molar-refractivity contribution < 1.29 is 4.74 Å². The number of likely N-dealkylation sites (N-methyl/N-ethyl adjacent to an activating group) is 2. The topological polar surface area (TPSA) is 42.3 Å². The van der Waals surface area contributed by atoms with Gasteiger partial charge in [-0.15, -0.1) is 0 Å². The number of aromatic nitrogens is 2. The lowest BCUT2D eigenvalue weighted by Gasteiger charge is -2.28. The van der Waals surface area contributed by atoms with E-state index >= 15 is 0 Å². The summed E-state index contributed by atoms with van der Waals surface area (Å²) < 4.78 is 9.06. The molecule has 122 valence electrons. The predicted octanol–water partition coefficient (Wildman–Crippen LogP) is 2.67. The number of rotatable bonds is 10. The van der Waals surface area contributed by atoms with Crippen LogP contribution in [0.4, 0.5) is 0 Å². The molecule has 0 fully saturated rings. The molecule has 1 aromatic heterocycles. The molecule has 2 unspecified atom stereocenters. The van der Waals surface area contributed by atoms with Gasteiger partial charge in [0.1, 0.15) is 0 Å². The van der Waals surface area contributed by atoms with Crippen LogP contribution in [0.15, 0.2) is 10.7 Å². The van der Waals surface area contributed by atoms with Crippen LogP contribution in [0.25, 0.3) is 0 Å². The first-order valence-corrected chi connectivity index (χ1v) is 8.55. The smallest absolute Gasteiger partial charge is 0.0782 e. The van der Waals surface area contributed by atoms with Gasteiger partial charge in [-0.1, -0.05) is 13.8 Å². The number of nitrogens with zero attached hydrogens (tertiary/aromatic N) is 3. The first-order chi connectivity index (χ1) is 10.0. The molecule has 1 aromatic rings. The Bertz CT molecular complexity index is 408. The third-order valence-electron chi connectivity index (χ3n) is 3.47. The van der Waals surface area contributed by atoms with Crippen LogP contribution in [0.5, 0.6) is 0 Å². The van der Waals surface area contributed by atoms with Crippen LogP contribution in [0.1, 0.15) is 38.9 Å². The van der Waals surface area contributed by atoms with Gasteiger partial charge >= 0.3 is 0 Å². The summed E-state index contributed by atoms with van der Waals surface area (Å²) in [6.45, 7) is 9.80. The average molecular weight is 361 g/mol. The summed E-state index contributed by atoms with van der Waals surface area (Å²) in [6.07, 6.45) is 3.01. The third kappa shape index (κ3) is 5.36. The van der Waals surface area contributed by atoms with Crippen molar-refractivity contribution in [2.75, 3.05) is 33.8 Å². The van der Waals surface area contributed by atoms with Gasteiger partial charge in [0.2, 0.25) is 0 Å². The van der Waals surface area contributed by atoms with Gasteiger partial charge in [-0.3, -0.25) is 4.68 Å². The number of ether oxygens (including phenoxy) is 1. The molecule has 6 heteroatoms. The Kier molecular flexibility index (Phi) is 8.48. The van der Waals surface area contributed by atoms with Gasteiger partial charge in [-0.2, -0.15) is 5.10 Å². The molecule has 0 saturated carbocycles. The second-order valence-corrected chi connectivity index (χ2v) is 6.20. The Morgan fingerprint density at radius 1 is 1.38 bits per heavy atom. The van der Waals surface area contributed by atoms with Crippen molar-refractivity contribution in [3.8, 4) is 0 Å². The molecule has 1 heterocycles. The zero-order valence-corrected chi connectivity index (χ0v) is 15.5. The van der Waals surface area contributed by atoms with E-state index in [0.717, 1.165) is 37.1 Å². The van der Waals surface area contributed by atoms with Crippen molar-refractivity contribution in [2.45, 2.75) is 45.9 Å². The number of halogens is 1. The zero-order chi connectivity index (χ0) is 15.8. The van der Waals surface area contributed by atoms with E-state index in [1.807, 2.05) is 13.1 Å².